The molecule has 0 radical (unpaired) electrons. The highest BCUT2D eigenvalue weighted by molar-refractivity contribution is 6.76. The molecule has 0 unspecified atom stereocenters. The van der Waals surface area contributed by atoms with E-state index in [1.54, 1.807) is 13.8 Å². The maximum Gasteiger partial charge on any atom is 0.334 e. The molecule has 0 aromatic carbocycles. The van der Waals surface area contributed by atoms with Gasteiger partial charge < -0.3 is 9.47 Å². The van der Waals surface area contributed by atoms with Gasteiger partial charge in [0.2, 0.25) is 0 Å². The fraction of sp³-hybridized carbons (Fsp3) is 0.750. The van der Waals surface area contributed by atoms with Crippen LogP contribution in [0, 0.1) is 0 Å². The van der Waals surface area contributed by atoms with E-state index in [1.165, 1.54) is 0 Å². The number of rotatable bonds is 7. The smallest absolute Gasteiger partial charge is 0.334 e. The zero-order chi connectivity index (χ0) is 12.8. The first-order chi connectivity index (χ1) is 7.26. The molecular weight excluding hydrogens is 220 g/mol. The number of esters is 1. The molecule has 0 aliphatic rings. The molecule has 0 fully saturated rings. The van der Waals surface area contributed by atoms with Gasteiger partial charge in [0.25, 0.3) is 0 Å². The highest BCUT2D eigenvalue weighted by Gasteiger charge is 2.17. The van der Waals surface area contributed by atoms with E-state index in [-0.39, 0.29) is 5.97 Å². The zero-order valence-corrected chi connectivity index (χ0v) is 12.1. The molecule has 0 aliphatic carbocycles. The summed E-state index contributed by atoms with van der Waals surface area (Å²) in [5, 5.41) is 0. The van der Waals surface area contributed by atoms with Crippen molar-refractivity contribution in [3.8, 4) is 0 Å². The molecule has 0 N–H and O–H groups in total. The van der Waals surface area contributed by atoms with Gasteiger partial charge in [-0.3, -0.25) is 0 Å². The van der Waals surface area contributed by atoms with Crippen molar-refractivity contribution < 1.29 is 14.3 Å². The van der Waals surface area contributed by atoms with Crippen molar-refractivity contribution in [1.29, 1.82) is 0 Å². The van der Waals surface area contributed by atoms with Gasteiger partial charge in [-0.25, -0.2) is 4.79 Å². The summed E-state index contributed by atoms with van der Waals surface area (Å²) in [6.45, 7) is 15.2. The second kappa shape index (κ2) is 6.86. The van der Waals surface area contributed by atoms with Crippen molar-refractivity contribution in [2.24, 2.45) is 0 Å². The molecule has 4 heteroatoms. The van der Waals surface area contributed by atoms with Crippen molar-refractivity contribution in [2.45, 2.75) is 45.6 Å². The quantitative estimate of drug-likeness (QED) is 0.392. The van der Waals surface area contributed by atoms with Gasteiger partial charge in [0.15, 0.2) is 6.10 Å². The molecule has 0 aromatic rings. The van der Waals surface area contributed by atoms with E-state index in [0.717, 1.165) is 11.6 Å². The number of carbonyl (C=O) groups is 1. The summed E-state index contributed by atoms with van der Waals surface area (Å²) in [6, 6.07) is 1.03. The first kappa shape index (κ1) is 15.4. The molecule has 0 amide bonds. The van der Waals surface area contributed by atoms with E-state index in [4.69, 9.17) is 9.47 Å². The van der Waals surface area contributed by atoms with Crippen LogP contribution in [0.4, 0.5) is 0 Å². The van der Waals surface area contributed by atoms with Crippen LogP contribution in [0.5, 0.6) is 0 Å². The Morgan fingerprint density at radius 1 is 1.38 bits per heavy atom. The van der Waals surface area contributed by atoms with E-state index >= 15 is 0 Å². The average Bonchev–Trinajstić information content (AvgIpc) is 2.11. The van der Waals surface area contributed by atoms with Crippen molar-refractivity contribution in [1.82, 2.24) is 0 Å². The molecule has 3 nitrogen and oxygen atoms in total. The Hall–Kier alpha value is -0.613. The molecule has 0 heterocycles. The molecule has 94 valence electrons. The summed E-state index contributed by atoms with van der Waals surface area (Å²) in [4.78, 5) is 11.3. The topological polar surface area (TPSA) is 35.5 Å². The minimum absolute atomic E-state index is 0.302. The fourth-order valence-electron chi connectivity index (χ4n) is 1.37. The lowest BCUT2D eigenvalue weighted by Gasteiger charge is -2.19. The second-order valence-corrected chi connectivity index (χ2v) is 10.7. The third-order valence-electron chi connectivity index (χ3n) is 1.94. The maximum absolute atomic E-state index is 11.3. The molecule has 16 heavy (non-hydrogen) atoms. The van der Waals surface area contributed by atoms with Gasteiger partial charge in [0.1, 0.15) is 0 Å². The zero-order valence-electron chi connectivity index (χ0n) is 11.1. The Kier molecular flexibility index (Phi) is 6.60. The monoisotopic (exact) mass is 244 g/mol. The van der Waals surface area contributed by atoms with Crippen LogP contribution >= 0.6 is 0 Å². The number of ether oxygens (including phenoxy) is 2. The van der Waals surface area contributed by atoms with Crippen LogP contribution in [0.25, 0.3) is 0 Å². The van der Waals surface area contributed by atoms with Gasteiger partial charge in [0, 0.05) is 8.07 Å². The molecule has 0 aliphatic heterocycles. The summed E-state index contributed by atoms with van der Waals surface area (Å²) < 4.78 is 10.3. The van der Waals surface area contributed by atoms with E-state index < -0.39 is 14.2 Å². The van der Waals surface area contributed by atoms with Crippen LogP contribution in [-0.4, -0.2) is 33.4 Å². The SMILES string of the molecule is C=C(CO[C@@H](C)C(=O)OCC)C[Si](C)(C)C. The second-order valence-electron chi connectivity index (χ2n) is 5.19. The van der Waals surface area contributed by atoms with Crippen molar-refractivity contribution >= 4 is 14.0 Å². The van der Waals surface area contributed by atoms with E-state index in [1.807, 2.05) is 0 Å². The summed E-state index contributed by atoms with van der Waals surface area (Å²) in [5.74, 6) is -0.302. The summed E-state index contributed by atoms with van der Waals surface area (Å²) in [5.41, 5.74) is 1.07. The first-order valence-electron chi connectivity index (χ1n) is 5.71. The Balaban J connectivity index is 3.88. The number of carbonyl (C=O) groups excluding carboxylic acids is 1. The lowest BCUT2D eigenvalue weighted by Crippen LogP contribution is -2.26. The van der Waals surface area contributed by atoms with Gasteiger partial charge in [-0.15, -0.1) is 0 Å². The Morgan fingerprint density at radius 3 is 2.38 bits per heavy atom. The predicted octanol–water partition coefficient (Wildman–Crippen LogP) is 2.85. The largest absolute Gasteiger partial charge is 0.464 e. The number of hydrogen-bond acceptors (Lipinski definition) is 3. The standard InChI is InChI=1S/C12H24O3Si/c1-7-14-12(13)11(3)15-8-10(2)9-16(4,5)6/h11H,2,7-9H2,1,3-6H3/t11-/m0/s1. The highest BCUT2D eigenvalue weighted by atomic mass is 28.3. The Morgan fingerprint density at radius 2 is 1.94 bits per heavy atom. The lowest BCUT2D eigenvalue weighted by molar-refractivity contribution is -0.154. The Bertz CT molecular complexity index is 243. The van der Waals surface area contributed by atoms with E-state index in [9.17, 15) is 4.79 Å². The fourth-order valence-corrected chi connectivity index (χ4v) is 2.97. The normalized spacial score (nSPS) is 13.3. The van der Waals surface area contributed by atoms with Crippen molar-refractivity contribution in [2.75, 3.05) is 13.2 Å². The lowest BCUT2D eigenvalue weighted by atomic mass is 10.3. The van der Waals surface area contributed by atoms with Crippen LogP contribution in [0.1, 0.15) is 13.8 Å². The summed E-state index contributed by atoms with van der Waals surface area (Å²) in [7, 11) is -1.13. The third-order valence-corrected chi connectivity index (χ3v) is 3.50. The average molecular weight is 244 g/mol. The molecule has 0 aromatic heterocycles. The van der Waals surface area contributed by atoms with Crippen molar-refractivity contribution in [3.05, 3.63) is 12.2 Å². The molecule has 0 saturated carbocycles. The maximum atomic E-state index is 11.3. The summed E-state index contributed by atoms with van der Waals surface area (Å²) >= 11 is 0. The molecule has 0 saturated heterocycles. The van der Waals surface area contributed by atoms with E-state index in [0.29, 0.717) is 13.2 Å². The highest BCUT2D eigenvalue weighted by Crippen LogP contribution is 2.15. The minimum Gasteiger partial charge on any atom is -0.464 e. The van der Waals surface area contributed by atoms with Crippen LogP contribution in [0.15, 0.2) is 12.2 Å². The molecule has 0 bridgehead atoms. The minimum atomic E-state index is -1.13. The van der Waals surface area contributed by atoms with Crippen LogP contribution in [0.2, 0.25) is 25.7 Å². The van der Waals surface area contributed by atoms with Gasteiger partial charge in [-0.05, 0) is 19.9 Å². The van der Waals surface area contributed by atoms with Gasteiger partial charge >= 0.3 is 5.97 Å². The van der Waals surface area contributed by atoms with Gasteiger partial charge in [-0.2, -0.15) is 0 Å². The molecule has 1 atom stereocenters. The predicted molar refractivity (Wildman–Crippen MR) is 69.3 cm³/mol. The van der Waals surface area contributed by atoms with Gasteiger partial charge in [-0.1, -0.05) is 31.8 Å². The van der Waals surface area contributed by atoms with Crippen molar-refractivity contribution in [3.63, 3.8) is 0 Å². The molecular formula is C12H24O3Si. The Labute approximate surface area is 99.8 Å². The third kappa shape index (κ3) is 7.65. The number of hydrogen-bond donors (Lipinski definition) is 0. The van der Waals surface area contributed by atoms with Crippen LogP contribution in [-0.2, 0) is 14.3 Å². The first-order valence-corrected chi connectivity index (χ1v) is 9.42. The van der Waals surface area contributed by atoms with Crippen LogP contribution in [0.3, 0.4) is 0 Å². The summed E-state index contributed by atoms with van der Waals surface area (Å²) in [6.07, 6.45) is -0.502. The van der Waals surface area contributed by atoms with E-state index in [2.05, 4.69) is 26.2 Å². The van der Waals surface area contributed by atoms with Crippen LogP contribution < -0.4 is 0 Å². The molecule has 0 rings (SSSR count). The molecule has 0 spiro atoms. The van der Waals surface area contributed by atoms with Gasteiger partial charge in [0.05, 0.1) is 13.2 Å².